The van der Waals surface area contributed by atoms with E-state index in [-0.39, 0.29) is 30.0 Å². The number of benzene rings is 2. The first-order valence-electron chi connectivity index (χ1n) is 8.69. The van der Waals surface area contributed by atoms with Crippen LogP contribution < -0.4 is 10.6 Å². The van der Waals surface area contributed by atoms with E-state index in [1.54, 1.807) is 13.3 Å². The first-order valence-corrected chi connectivity index (χ1v) is 8.69. The molecule has 1 unspecified atom stereocenters. The third-order valence-electron chi connectivity index (χ3n) is 4.16. The first-order chi connectivity index (χ1) is 12.7. The molecule has 142 valence electrons. The molecule has 1 aromatic heterocycles. The number of nitrogens with zero attached hydrogens (tertiary/aromatic N) is 2. The molecule has 0 saturated carbocycles. The Morgan fingerprint density at radius 3 is 2.48 bits per heavy atom. The largest absolute Gasteiger partial charge is 0.444 e. The third kappa shape index (κ3) is 5.82. The van der Waals surface area contributed by atoms with Crippen LogP contribution in [0.25, 0.3) is 11.5 Å². The minimum atomic E-state index is 0. The number of hydrogen-bond donors (Lipinski definition) is 2. The van der Waals surface area contributed by atoms with Crippen LogP contribution in [0.4, 0.5) is 0 Å². The van der Waals surface area contributed by atoms with Crippen molar-refractivity contribution in [2.24, 2.45) is 4.99 Å². The summed E-state index contributed by atoms with van der Waals surface area (Å²) in [6, 6.07) is 18.6. The second-order valence-corrected chi connectivity index (χ2v) is 6.21. The summed E-state index contributed by atoms with van der Waals surface area (Å²) < 4.78 is 5.60. The molecule has 0 spiro atoms. The van der Waals surface area contributed by atoms with Gasteiger partial charge >= 0.3 is 0 Å². The highest BCUT2D eigenvalue weighted by atomic mass is 127. The van der Waals surface area contributed by atoms with Gasteiger partial charge in [-0.15, -0.1) is 24.0 Å². The maximum absolute atomic E-state index is 5.60. The number of oxazole rings is 1. The second-order valence-electron chi connectivity index (χ2n) is 6.21. The van der Waals surface area contributed by atoms with Gasteiger partial charge in [-0.2, -0.15) is 0 Å². The van der Waals surface area contributed by atoms with Gasteiger partial charge in [-0.05, 0) is 31.5 Å². The van der Waals surface area contributed by atoms with E-state index in [2.05, 4.69) is 46.6 Å². The van der Waals surface area contributed by atoms with Gasteiger partial charge < -0.3 is 15.1 Å². The molecule has 5 nitrogen and oxygen atoms in total. The van der Waals surface area contributed by atoms with Crippen LogP contribution in [-0.2, 0) is 6.54 Å². The summed E-state index contributed by atoms with van der Waals surface area (Å²) in [6.45, 7) is 4.70. The highest BCUT2D eigenvalue weighted by molar-refractivity contribution is 14.0. The molecule has 6 heteroatoms. The van der Waals surface area contributed by atoms with Gasteiger partial charge in [0.1, 0.15) is 6.26 Å². The molecule has 1 atom stereocenters. The van der Waals surface area contributed by atoms with Crippen LogP contribution in [0.5, 0.6) is 0 Å². The lowest BCUT2D eigenvalue weighted by atomic mass is 10.1. The number of aryl methyl sites for hydroxylation is 1. The molecular weight excluding hydrogens is 451 g/mol. The van der Waals surface area contributed by atoms with E-state index in [1.807, 2.05) is 42.5 Å². The highest BCUT2D eigenvalue weighted by Gasteiger charge is 2.09. The average molecular weight is 476 g/mol. The van der Waals surface area contributed by atoms with E-state index in [4.69, 9.17) is 4.42 Å². The molecule has 3 rings (SSSR count). The zero-order valence-electron chi connectivity index (χ0n) is 15.8. The van der Waals surface area contributed by atoms with Crippen molar-refractivity contribution in [2.45, 2.75) is 26.4 Å². The summed E-state index contributed by atoms with van der Waals surface area (Å²) in [6.07, 6.45) is 1.68. The molecule has 3 aromatic rings. The van der Waals surface area contributed by atoms with Crippen molar-refractivity contribution in [2.75, 3.05) is 7.05 Å². The van der Waals surface area contributed by atoms with Crippen LogP contribution >= 0.6 is 24.0 Å². The van der Waals surface area contributed by atoms with Gasteiger partial charge in [-0.3, -0.25) is 4.99 Å². The smallest absolute Gasteiger partial charge is 0.226 e. The fourth-order valence-electron chi connectivity index (χ4n) is 2.62. The molecule has 0 bridgehead atoms. The Labute approximate surface area is 177 Å². The zero-order valence-corrected chi connectivity index (χ0v) is 18.1. The Balaban J connectivity index is 0.00000261. The minimum Gasteiger partial charge on any atom is -0.444 e. The maximum atomic E-state index is 5.60. The quantitative estimate of drug-likeness (QED) is 0.319. The van der Waals surface area contributed by atoms with Crippen molar-refractivity contribution in [3.05, 3.63) is 77.7 Å². The van der Waals surface area contributed by atoms with Crippen molar-refractivity contribution in [3.8, 4) is 11.5 Å². The SMILES string of the molecule is CN=C(NCc1coc(-c2ccc(C)cc2)n1)NC(C)c1ccccc1.I. The van der Waals surface area contributed by atoms with Gasteiger partial charge in [0.25, 0.3) is 0 Å². The van der Waals surface area contributed by atoms with Crippen LogP contribution in [0.2, 0.25) is 0 Å². The molecular formula is C21H25IN4O. The number of nitrogens with one attached hydrogen (secondary N) is 2. The molecule has 0 fully saturated rings. The molecule has 0 aliphatic carbocycles. The summed E-state index contributed by atoms with van der Waals surface area (Å²) >= 11 is 0. The number of guanidine groups is 1. The summed E-state index contributed by atoms with van der Waals surface area (Å²) in [5.74, 6) is 1.35. The van der Waals surface area contributed by atoms with Gasteiger partial charge in [0.15, 0.2) is 5.96 Å². The van der Waals surface area contributed by atoms with Crippen LogP contribution in [0.1, 0.15) is 29.8 Å². The van der Waals surface area contributed by atoms with Crippen molar-refractivity contribution in [1.82, 2.24) is 15.6 Å². The topological polar surface area (TPSA) is 62.5 Å². The number of halogens is 1. The van der Waals surface area contributed by atoms with E-state index in [1.165, 1.54) is 11.1 Å². The Kier molecular flexibility index (Phi) is 7.84. The fraction of sp³-hybridized carbons (Fsp3) is 0.238. The van der Waals surface area contributed by atoms with Gasteiger partial charge in [-0.25, -0.2) is 4.98 Å². The normalized spacial score (nSPS) is 12.2. The summed E-state index contributed by atoms with van der Waals surface area (Å²) in [4.78, 5) is 8.82. The van der Waals surface area contributed by atoms with E-state index >= 15 is 0 Å². The Hall–Kier alpha value is -2.35. The van der Waals surface area contributed by atoms with Gasteiger partial charge in [0.05, 0.1) is 18.3 Å². The van der Waals surface area contributed by atoms with Crippen LogP contribution in [0, 0.1) is 6.92 Å². The van der Waals surface area contributed by atoms with Crippen LogP contribution in [0.15, 0.2) is 70.3 Å². The van der Waals surface area contributed by atoms with Gasteiger partial charge in [-0.1, -0.05) is 48.0 Å². The number of aromatic nitrogens is 1. The van der Waals surface area contributed by atoms with E-state index in [0.29, 0.717) is 12.4 Å². The minimum absolute atomic E-state index is 0. The Morgan fingerprint density at radius 1 is 1.11 bits per heavy atom. The van der Waals surface area contributed by atoms with E-state index in [9.17, 15) is 0 Å². The summed E-state index contributed by atoms with van der Waals surface area (Å²) in [5.41, 5.74) is 4.22. The lowest BCUT2D eigenvalue weighted by Crippen LogP contribution is -2.38. The molecule has 1 heterocycles. The predicted octanol–water partition coefficient (Wildman–Crippen LogP) is 4.69. The molecule has 0 amide bonds. The van der Waals surface area contributed by atoms with E-state index in [0.717, 1.165) is 17.2 Å². The van der Waals surface area contributed by atoms with Crippen LogP contribution in [-0.4, -0.2) is 18.0 Å². The second kappa shape index (κ2) is 10.1. The van der Waals surface area contributed by atoms with Crippen LogP contribution in [0.3, 0.4) is 0 Å². The molecule has 0 saturated heterocycles. The van der Waals surface area contributed by atoms with Gasteiger partial charge in [0, 0.05) is 12.6 Å². The first kappa shape index (κ1) is 21.0. The molecule has 0 aliphatic rings. The van der Waals surface area contributed by atoms with Gasteiger partial charge in [0.2, 0.25) is 5.89 Å². The van der Waals surface area contributed by atoms with Crippen molar-refractivity contribution in [3.63, 3.8) is 0 Å². The van der Waals surface area contributed by atoms with Crippen molar-refractivity contribution in [1.29, 1.82) is 0 Å². The lowest BCUT2D eigenvalue weighted by Gasteiger charge is -2.17. The molecule has 0 radical (unpaired) electrons. The Bertz CT molecular complexity index is 859. The zero-order chi connectivity index (χ0) is 18.4. The van der Waals surface area contributed by atoms with Crippen molar-refractivity contribution < 1.29 is 4.42 Å². The predicted molar refractivity (Wildman–Crippen MR) is 120 cm³/mol. The lowest BCUT2D eigenvalue weighted by molar-refractivity contribution is 0.572. The number of hydrogen-bond acceptors (Lipinski definition) is 3. The van der Waals surface area contributed by atoms with E-state index < -0.39 is 0 Å². The molecule has 0 aliphatic heterocycles. The fourth-order valence-corrected chi connectivity index (χ4v) is 2.62. The molecule has 27 heavy (non-hydrogen) atoms. The summed E-state index contributed by atoms with van der Waals surface area (Å²) in [7, 11) is 1.76. The number of aliphatic imine (C=N–C) groups is 1. The third-order valence-corrected chi connectivity index (χ3v) is 4.16. The summed E-state index contributed by atoms with van der Waals surface area (Å²) in [5, 5.41) is 6.66. The molecule has 2 aromatic carbocycles. The number of rotatable bonds is 5. The maximum Gasteiger partial charge on any atom is 0.226 e. The average Bonchev–Trinajstić information content (AvgIpc) is 3.15. The Morgan fingerprint density at radius 2 is 1.81 bits per heavy atom. The standard InChI is InChI=1S/C21H24N4O.HI/c1-15-9-11-18(12-10-15)20-25-19(14-26-20)13-23-21(22-3)24-16(2)17-7-5-4-6-8-17;/h4-12,14,16H,13H2,1-3H3,(H2,22,23,24);1H. The molecule has 2 N–H and O–H groups in total. The van der Waals surface area contributed by atoms with Crippen molar-refractivity contribution >= 4 is 29.9 Å². The highest BCUT2D eigenvalue weighted by Crippen LogP contribution is 2.19. The monoisotopic (exact) mass is 476 g/mol.